The molecule has 1 unspecified atom stereocenters. The Morgan fingerprint density at radius 1 is 0.675 bits per heavy atom. The Kier molecular flexibility index (Phi) is 10.4. The predicted molar refractivity (Wildman–Crippen MR) is 128 cm³/mol. The summed E-state index contributed by atoms with van der Waals surface area (Å²) in [6.07, 6.45) is -1.11. The largest absolute Gasteiger partial charge is 0.533 e. The van der Waals surface area contributed by atoms with Gasteiger partial charge >= 0.3 is 18.3 Å². The number of esters is 1. The van der Waals surface area contributed by atoms with E-state index in [0.717, 1.165) is 0 Å². The van der Waals surface area contributed by atoms with Crippen molar-refractivity contribution in [3.63, 3.8) is 0 Å². The van der Waals surface area contributed by atoms with Crippen molar-refractivity contribution in [2.45, 2.75) is 71.3 Å². The van der Waals surface area contributed by atoms with E-state index < -0.39 is 47.5 Å². The first-order valence-electron chi connectivity index (χ1n) is 13.0. The minimum atomic E-state index is -1.21. The van der Waals surface area contributed by atoms with E-state index in [1.54, 1.807) is 20.8 Å². The Hall–Kier alpha value is -3.75. The summed E-state index contributed by atoms with van der Waals surface area (Å²) in [6, 6.07) is 0. The first-order chi connectivity index (χ1) is 18.8. The summed E-state index contributed by atoms with van der Waals surface area (Å²) in [7, 11) is 0. The Bertz CT molecular complexity index is 927. The number of carbonyl (C=O) groups is 7. The average Bonchev–Trinajstić information content (AvgIpc) is 3.35. The summed E-state index contributed by atoms with van der Waals surface area (Å²) >= 11 is 0. The molecule has 0 N–H and O–H groups in total. The number of carbonyl (C=O) groups excluding carboxylic acids is 7. The zero-order valence-corrected chi connectivity index (χ0v) is 22.7. The maximum atomic E-state index is 12.1. The molecule has 15 nitrogen and oxygen atoms in total. The number of amides is 4. The maximum absolute atomic E-state index is 12.1. The first kappa shape index (κ1) is 30.8. The van der Waals surface area contributed by atoms with Crippen LogP contribution in [0.5, 0.6) is 0 Å². The number of nitrogens with zero attached hydrogens (tertiary/aromatic N) is 2. The summed E-state index contributed by atoms with van der Waals surface area (Å²) in [5, 5.41) is 0.767. The van der Waals surface area contributed by atoms with Crippen molar-refractivity contribution in [2.24, 2.45) is 17.8 Å². The van der Waals surface area contributed by atoms with Gasteiger partial charge in [0.1, 0.15) is 12.2 Å². The van der Waals surface area contributed by atoms with Gasteiger partial charge in [-0.05, 0) is 57.8 Å². The van der Waals surface area contributed by atoms with Gasteiger partial charge in [0.15, 0.2) is 0 Å². The van der Waals surface area contributed by atoms with Crippen LogP contribution in [0, 0.1) is 17.8 Å². The fourth-order valence-electron chi connectivity index (χ4n) is 4.68. The number of hydrogen-bond acceptors (Lipinski definition) is 13. The number of imide groups is 2. The molecule has 3 fully saturated rings. The lowest BCUT2D eigenvalue weighted by atomic mass is 9.76. The Labute approximate surface area is 230 Å². The SMILES string of the molecule is CC(C)(C)OC(=O)COCC1C[C@@H](COC(=O)ON2C(=O)CCC2=O)C[C@@H](COC(=O)ON2C(=O)CCC2=O)C1. The van der Waals surface area contributed by atoms with E-state index in [0.29, 0.717) is 29.4 Å². The molecular weight excluding hydrogens is 536 g/mol. The highest BCUT2D eigenvalue weighted by Crippen LogP contribution is 2.34. The zero-order valence-electron chi connectivity index (χ0n) is 22.7. The number of rotatable bonds is 10. The van der Waals surface area contributed by atoms with Gasteiger partial charge in [-0.2, -0.15) is 0 Å². The average molecular weight is 571 g/mol. The second-order valence-electron chi connectivity index (χ2n) is 10.9. The third kappa shape index (κ3) is 9.47. The minimum Gasteiger partial charge on any atom is -0.458 e. The molecule has 1 aliphatic carbocycles. The standard InChI is InChI=1S/C25H34N2O13/c1-25(2,3)38-22(32)14-35-11-15-8-16(12-36-23(33)39-26-18(28)4-5-19(26)29)10-17(9-15)13-37-24(34)40-27-20(30)6-7-21(27)31/h15-17H,4-14H2,1-3H3/t15?,16-,17+. The third-order valence-corrected chi connectivity index (χ3v) is 6.21. The highest BCUT2D eigenvalue weighted by atomic mass is 16.8. The van der Waals surface area contributed by atoms with Crippen LogP contribution in [-0.2, 0) is 52.6 Å². The van der Waals surface area contributed by atoms with Crippen LogP contribution in [0.4, 0.5) is 9.59 Å². The summed E-state index contributed by atoms with van der Waals surface area (Å²) in [4.78, 5) is 92.1. The highest BCUT2D eigenvalue weighted by molar-refractivity contribution is 6.02. The van der Waals surface area contributed by atoms with Crippen molar-refractivity contribution < 1.29 is 62.2 Å². The lowest BCUT2D eigenvalue weighted by Gasteiger charge is -2.34. The summed E-state index contributed by atoms with van der Waals surface area (Å²) in [5.74, 6) is -3.67. The molecule has 15 heteroatoms. The van der Waals surface area contributed by atoms with E-state index in [-0.39, 0.29) is 69.9 Å². The van der Waals surface area contributed by atoms with Crippen LogP contribution in [0.3, 0.4) is 0 Å². The van der Waals surface area contributed by atoms with E-state index in [4.69, 9.17) is 28.6 Å². The van der Waals surface area contributed by atoms with Crippen LogP contribution in [0.2, 0.25) is 0 Å². The first-order valence-corrected chi connectivity index (χ1v) is 13.0. The lowest BCUT2D eigenvalue weighted by Crippen LogP contribution is -2.35. The highest BCUT2D eigenvalue weighted by Gasteiger charge is 2.36. The minimum absolute atomic E-state index is 0.0517. The number of hydroxylamine groups is 4. The van der Waals surface area contributed by atoms with Crippen LogP contribution < -0.4 is 0 Å². The quantitative estimate of drug-likeness (QED) is 0.211. The van der Waals surface area contributed by atoms with Crippen LogP contribution in [0.15, 0.2) is 0 Å². The second kappa shape index (κ2) is 13.5. The number of ether oxygens (including phenoxy) is 4. The van der Waals surface area contributed by atoms with Crippen LogP contribution >= 0.6 is 0 Å². The second-order valence-corrected chi connectivity index (χ2v) is 10.9. The van der Waals surface area contributed by atoms with Gasteiger partial charge in [-0.1, -0.05) is 10.1 Å². The van der Waals surface area contributed by atoms with E-state index in [1.807, 2.05) is 0 Å². The van der Waals surface area contributed by atoms with Crippen molar-refractivity contribution >= 4 is 41.9 Å². The molecule has 3 atom stereocenters. The van der Waals surface area contributed by atoms with Gasteiger partial charge in [0.25, 0.3) is 23.6 Å². The Morgan fingerprint density at radius 2 is 1.05 bits per heavy atom. The van der Waals surface area contributed by atoms with Gasteiger partial charge in [0, 0.05) is 25.7 Å². The van der Waals surface area contributed by atoms with Gasteiger partial charge in [-0.25, -0.2) is 14.4 Å². The van der Waals surface area contributed by atoms with Gasteiger partial charge in [-0.15, -0.1) is 0 Å². The molecule has 2 aliphatic heterocycles. The summed E-state index contributed by atoms with van der Waals surface area (Å²) in [5.41, 5.74) is -0.659. The fraction of sp³-hybridized carbons (Fsp3) is 0.720. The molecule has 222 valence electrons. The maximum Gasteiger partial charge on any atom is 0.533 e. The van der Waals surface area contributed by atoms with Crippen LogP contribution in [0.25, 0.3) is 0 Å². The monoisotopic (exact) mass is 570 g/mol. The van der Waals surface area contributed by atoms with Gasteiger partial charge in [0.05, 0.1) is 19.8 Å². The lowest BCUT2D eigenvalue weighted by molar-refractivity contribution is -0.177. The van der Waals surface area contributed by atoms with E-state index in [1.165, 1.54) is 0 Å². The molecule has 0 aromatic heterocycles. The van der Waals surface area contributed by atoms with E-state index in [2.05, 4.69) is 0 Å². The van der Waals surface area contributed by atoms with Crippen LogP contribution in [0.1, 0.15) is 65.7 Å². The molecule has 0 radical (unpaired) electrons. The van der Waals surface area contributed by atoms with E-state index >= 15 is 0 Å². The third-order valence-electron chi connectivity index (χ3n) is 6.21. The molecule has 2 saturated heterocycles. The van der Waals surface area contributed by atoms with Crippen molar-refractivity contribution in [3.05, 3.63) is 0 Å². The topological polar surface area (TPSA) is 181 Å². The molecule has 40 heavy (non-hydrogen) atoms. The van der Waals surface area contributed by atoms with Crippen molar-refractivity contribution in [3.8, 4) is 0 Å². The predicted octanol–water partition coefficient (Wildman–Crippen LogP) is 1.81. The smallest absolute Gasteiger partial charge is 0.458 e. The van der Waals surface area contributed by atoms with E-state index in [9.17, 15) is 33.6 Å². The summed E-state index contributed by atoms with van der Waals surface area (Å²) < 4.78 is 21.1. The molecular formula is C25H34N2O13. The molecule has 4 amide bonds. The van der Waals surface area contributed by atoms with Gasteiger partial charge < -0.3 is 18.9 Å². The normalized spacial score (nSPS) is 23.3. The fourth-order valence-corrected chi connectivity index (χ4v) is 4.68. The Morgan fingerprint density at radius 3 is 1.43 bits per heavy atom. The van der Waals surface area contributed by atoms with Crippen LogP contribution in [-0.4, -0.2) is 84.1 Å². The van der Waals surface area contributed by atoms with Crippen molar-refractivity contribution in [1.29, 1.82) is 0 Å². The zero-order chi connectivity index (χ0) is 29.4. The molecule has 0 bridgehead atoms. The molecule has 3 aliphatic rings. The summed E-state index contributed by atoms with van der Waals surface area (Å²) in [6.45, 7) is 4.90. The molecule has 0 aromatic carbocycles. The van der Waals surface area contributed by atoms with Crippen molar-refractivity contribution in [1.82, 2.24) is 10.1 Å². The molecule has 2 heterocycles. The molecule has 3 rings (SSSR count). The Balaban J connectivity index is 1.51. The number of hydrogen-bond donors (Lipinski definition) is 0. The van der Waals surface area contributed by atoms with Gasteiger partial charge in [0.2, 0.25) is 0 Å². The van der Waals surface area contributed by atoms with Crippen molar-refractivity contribution in [2.75, 3.05) is 26.4 Å². The molecule has 0 aromatic rings. The molecule has 1 saturated carbocycles. The van der Waals surface area contributed by atoms with Gasteiger partial charge in [-0.3, -0.25) is 28.9 Å². The molecule has 0 spiro atoms.